The van der Waals surface area contributed by atoms with Gasteiger partial charge in [-0.3, -0.25) is 44.0 Å². The molecule has 0 spiro atoms. The van der Waals surface area contributed by atoms with Crippen molar-refractivity contribution >= 4 is 63.5 Å². The number of nitrogens with zero attached hydrogens (tertiary/aromatic N) is 8. The lowest BCUT2D eigenvalue weighted by Crippen LogP contribution is -2.34. The number of carbonyl (C=O) groups is 5. The summed E-state index contributed by atoms with van der Waals surface area (Å²) in [5.74, 6) is -1.50. The van der Waals surface area contributed by atoms with Gasteiger partial charge in [-0.15, -0.1) is 0 Å². The first kappa shape index (κ1) is 44.7. The summed E-state index contributed by atoms with van der Waals surface area (Å²) < 4.78 is 19.3. The van der Waals surface area contributed by atoms with Crippen molar-refractivity contribution in [3.05, 3.63) is 70.3 Å². The number of anilines is 2. The van der Waals surface area contributed by atoms with Crippen LogP contribution in [0.25, 0.3) is 22.1 Å². The van der Waals surface area contributed by atoms with Gasteiger partial charge in [-0.25, -0.2) is 9.97 Å². The highest BCUT2D eigenvalue weighted by molar-refractivity contribution is 6.05. The minimum atomic E-state index is -0.717. The average molecular weight is 881 g/mol. The van der Waals surface area contributed by atoms with E-state index < -0.39 is 29.7 Å². The number of fused-ring (bicyclic) bond motifs is 1. The molecule has 7 rings (SSSR count). The summed E-state index contributed by atoms with van der Waals surface area (Å²) in [6.45, 7) is 8.75. The first-order valence-electron chi connectivity index (χ1n) is 21.0. The lowest BCUT2D eigenvalue weighted by molar-refractivity contribution is -0.121. The zero-order valence-corrected chi connectivity index (χ0v) is 36.0. The first-order chi connectivity index (χ1) is 30.7. The number of hydrogen-bond donors (Lipinski definition) is 7. The van der Waals surface area contributed by atoms with E-state index in [9.17, 15) is 29.1 Å². The van der Waals surface area contributed by atoms with Crippen LogP contribution in [-0.2, 0) is 24.4 Å². The van der Waals surface area contributed by atoms with Crippen LogP contribution in [0, 0.1) is 13.8 Å². The van der Waals surface area contributed by atoms with Crippen LogP contribution in [-0.4, -0.2) is 106 Å². The van der Waals surface area contributed by atoms with Gasteiger partial charge in [-0.1, -0.05) is 0 Å². The Balaban J connectivity index is 1.21. The van der Waals surface area contributed by atoms with Crippen LogP contribution in [0.3, 0.4) is 0 Å². The zero-order chi connectivity index (χ0) is 45.8. The number of nitrogens with two attached hydrogens (primary N) is 3. The molecule has 2 aromatic carbocycles. The molecular formula is C42H52N14O8. The molecule has 6 aromatic rings. The Morgan fingerprint density at radius 1 is 0.844 bits per heavy atom. The molecule has 64 heavy (non-hydrogen) atoms. The third-order valence-corrected chi connectivity index (χ3v) is 10.7. The second kappa shape index (κ2) is 19.0. The van der Waals surface area contributed by atoms with Gasteiger partial charge < -0.3 is 46.2 Å². The van der Waals surface area contributed by atoms with Crippen molar-refractivity contribution in [2.45, 2.75) is 85.1 Å². The maximum absolute atomic E-state index is 13.8. The summed E-state index contributed by atoms with van der Waals surface area (Å²) in [6, 6.07) is 8.47. The number of benzene rings is 2. The van der Waals surface area contributed by atoms with Crippen LogP contribution in [0.2, 0.25) is 0 Å². The summed E-state index contributed by atoms with van der Waals surface area (Å²) in [5, 5.41) is 26.7. The average Bonchev–Trinajstić information content (AvgIpc) is 4.04. The van der Waals surface area contributed by atoms with Crippen molar-refractivity contribution in [1.82, 2.24) is 44.0 Å². The molecule has 1 aliphatic rings. The van der Waals surface area contributed by atoms with Gasteiger partial charge in [0.2, 0.25) is 29.6 Å². The van der Waals surface area contributed by atoms with Gasteiger partial charge in [0.05, 0.1) is 41.7 Å². The Morgan fingerprint density at radius 3 is 2.05 bits per heavy atom. The number of ether oxygens (including phenoxy) is 2. The number of aromatic nitrogens is 8. The van der Waals surface area contributed by atoms with E-state index in [1.54, 1.807) is 52.0 Å². The zero-order valence-electron chi connectivity index (χ0n) is 36.0. The van der Waals surface area contributed by atoms with Gasteiger partial charge in [0.15, 0.2) is 0 Å². The molecule has 1 aliphatic heterocycles. The number of aryl methyl sites for hydroxylation is 5. The van der Waals surface area contributed by atoms with E-state index in [0.717, 1.165) is 0 Å². The number of nitrogens with one attached hydrogen (secondary N) is 3. The molecule has 22 nitrogen and oxygen atoms in total. The third-order valence-electron chi connectivity index (χ3n) is 10.7. The molecule has 338 valence electrons. The molecular weight excluding hydrogens is 829 g/mol. The number of rotatable bonds is 20. The van der Waals surface area contributed by atoms with E-state index in [2.05, 4.69) is 26.1 Å². The molecule has 10 N–H and O–H groups in total. The lowest BCUT2D eigenvalue weighted by atomic mass is 10.1. The second-order valence-electron chi connectivity index (χ2n) is 15.5. The molecule has 0 saturated heterocycles. The van der Waals surface area contributed by atoms with Gasteiger partial charge >= 0.3 is 0 Å². The van der Waals surface area contributed by atoms with Gasteiger partial charge in [0, 0.05) is 49.8 Å². The summed E-state index contributed by atoms with van der Waals surface area (Å²) in [7, 11) is 0. The predicted molar refractivity (Wildman–Crippen MR) is 234 cm³/mol. The molecule has 2 atom stereocenters. The van der Waals surface area contributed by atoms with Crippen molar-refractivity contribution in [1.29, 1.82) is 0 Å². The molecule has 0 bridgehead atoms. The Labute approximate surface area is 366 Å². The van der Waals surface area contributed by atoms with E-state index in [1.807, 2.05) is 18.4 Å². The van der Waals surface area contributed by atoms with Crippen LogP contribution in [0.15, 0.2) is 36.4 Å². The van der Waals surface area contributed by atoms with Gasteiger partial charge in [-0.05, 0) is 83.4 Å². The maximum Gasteiger partial charge on any atom is 0.276 e. The molecule has 0 aliphatic carbocycles. The van der Waals surface area contributed by atoms with E-state index in [-0.39, 0.29) is 80.1 Å². The van der Waals surface area contributed by atoms with Gasteiger partial charge in [0.1, 0.15) is 40.5 Å². The highest BCUT2D eigenvalue weighted by Crippen LogP contribution is 2.39. The molecule has 5 heterocycles. The van der Waals surface area contributed by atoms with Crippen LogP contribution < -0.4 is 42.6 Å². The molecule has 4 aromatic heterocycles. The minimum absolute atomic E-state index is 0.0343. The van der Waals surface area contributed by atoms with Crippen molar-refractivity contribution in [2.75, 3.05) is 37.0 Å². The molecule has 5 amide bonds. The molecule has 22 heteroatoms. The number of primary amides is 2. The van der Waals surface area contributed by atoms with Crippen molar-refractivity contribution in [3.8, 4) is 11.5 Å². The van der Waals surface area contributed by atoms with E-state index in [4.69, 9.17) is 36.6 Å². The fraction of sp³-hybridized carbons (Fsp3) is 0.405. The minimum Gasteiger partial charge on any atom is -0.491 e. The summed E-state index contributed by atoms with van der Waals surface area (Å²) in [4.78, 5) is 74.1. The number of carbonyl (C=O) groups excluding carboxylic acids is 5. The monoisotopic (exact) mass is 880 g/mol. The summed E-state index contributed by atoms with van der Waals surface area (Å²) >= 11 is 0. The SMILES string of the molecule is CCn1nc(C)cc1C(=O)Nc1nc2cc(C(N)=O)cc(OCCCNC(=O)C[C@H](N)CO)c2n1CCC[C@H]1COc2cc(C(N)=O)cc3nc(NC(=O)c4cc(C)nn4CC)n1c23. The van der Waals surface area contributed by atoms with E-state index in [0.29, 0.717) is 82.9 Å². The fourth-order valence-electron chi connectivity index (χ4n) is 7.77. The normalized spacial score (nSPS) is 13.8. The van der Waals surface area contributed by atoms with Crippen LogP contribution in [0.5, 0.6) is 11.5 Å². The number of aliphatic hydroxyl groups excluding tert-OH is 1. The van der Waals surface area contributed by atoms with Gasteiger partial charge in [0.25, 0.3) is 11.8 Å². The van der Waals surface area contributed by atoms with E-state index in [1.165, 1.54) is 12.1 Å². The molecule has 0 radical (unpaired) electrons. The number of hydrogen-bond acceptors (Lipinski definition) is 13. The third kappa shape index (κ3) is 9.37. The second-order valence-corrected chi connectivity index (χ2v) is 15.5. The highest BCUT2D eigenvalue weighted by Gasteiger charge is 2.30. The molecule has 0 fully saturated rings. The highest BCUT2D eigenvalue weighted by atomic mass is 16.5. The number of imidazole rings is 2. The lowest BCUT2D eigenvalue weighted by Gasteiger charge is -2.27. The maximum atomic E-state index is 13.8. The van der Waals surface area contributed by atoms with E-state index >= 15 is 0 Å². The predicted octanol–water partition coefficient (Wildman–Crippen LogP) is 2.15. The summed E-state index contributed by atoms with van der Waals surface area (Å²) in [5.41, 5.74) is 21.2. The van der Waals surface area contributed by atoms with Crippen LogP contribution in [0.1, 0.15) is 98.7 Å². The Bertz CT molecular complexity index is 2770. The van der Waals surface area contributed by atoms with Crippen LogP contribution >= 0.6 is 0 Å². The largest absolute Gasteiger partial charge is 0.491 e. The Kier molecular flexibility index (Phi) is 13.2. The molecule has 0 unspecified atom stereocenters. The fourth-order valence-corrected chi connectivity index (χ4v) is 7.77. The quantitative estimate of drug-likeness (QED) is 0.0542. The van der Waals surface area contributed by atoms with Crippen molar-refractivity contribution in [3.63, 3.8) is 0 Å². The van der Waals surface area contributed by atoms with Crippen LogP contribution in [0.4, 0.5) is 11.9 Å². The van der Waals surface area contributed by atoms with Crippen molar-refractivity contribution < 1.29 is 38.6 Å². The Morgan fingerprint density at radius 2 is 1.44 bits per heavy atom. The summed E-state index contributed by atoms with van der Waals surface area (Å²) in [6.07, 6.45) is 1.26. The Hall–Kier alpha value is -7.33. The smallest absolute Gasteiger partial charge is 0.276 e. The number of aliphatic hydroxyl groups is 1. The molecule has 0 saturated carbocycles. The standard InChI is InChI=1S/C42H52N14O8/c1-5-54-30(13-22(3)51-54)39(61)49-41-47-28-15-24(37(44)59)17-32(63-12-8-10-46-34(58)19-26(43)20-57)35(28)53(41)11-7-9-27-21-64-33-18-25(38(45)60)16-29-36(33)56(27)42(48-29)50-40(62)31-14-23(4)52-55(31)6-2/h13-18,26-27,57H,5-12,19-21,43H2,1-4H3,(H2,44,59)(H2,45,60)(H,46,58)(H,47,49,61)(H,48,50,62)/t26-,27-/m0/s1. The topological polar surface area (TPSA) is 309 Å². The first-order valence-corrected chi connectivity index (χ1v) is 21.0. The van der Waals surface area contributed by atoms with Crippen molar-refractivity contribution in [2.24, 2.45) is 17.2 Å². The van der Waals surface area contributed by atoms with Gasteiger partial charge in [-0.2, -0.15) is 10.2 Å². The number of amides is 5.